The highest BCUT2D eigenvalue weighted by Crippen LogP contribution is 2.34. The van der Waals surface area contributed by atoms with Gasteiger partial charge in [0.25, 0.3) is 5.89 Å². The van der Waals surface area contributed by atoms with Gasteiger partial charge in [0, 0.05) is 5.92 Å². The van der Waals surface area contributed by atoms with Crippen LogP contribution in [0.1, 0.15) is 50.0 Å². The van der Waals surface area contributed by atoms with Crippen molar-refractivity contribution in [3.63, 3.8) is 0 Å². The largest absolute Gasteiger partial charge is 0.342 e. The van der Waals surface area contributed by atoms with E-state index >= 15 is 0 Å². The summed E-state index contributed by atoms with van der Waals surface area (Å²) in [6.45, 7) is 2.29. The fourth-order valence-corrected chi connectivity index (χ4v) is 2.61. The van der Waals surface area contributed by atoms with Crippen LogP contribution >= 0.6 is 0 Å². The second kappa shape index (κ2) is 4.88. The molecule has 1 saturated carbocycles. The number of rotatable bonds is 2. The highest BCUT2D eigenvalue weighted by atomic mass is 16.5. The number of nitrogens with one attached hydrogen (secondary N) is 1. The van der Waals surface area contributed by atoms with Gasteiger partial charge in [-0.15, -0.1) is 0 Å². The van der Waals surface area contributed by atoms with E-state index in [1.54, 1.807) is 12.1 Å². The Morgan fingerprint density at radius 1 is 1.32 bits per heavy atom. The zero-order valence-corrected chi connectivity index (χ0v) is 10.9. The molecule has 0 atom stereocenters. The van der Waals surface area contributed by atoms with Gasteiger partial charge in [-0.25, -0.2) is 0 Å². The van der Waals surface area contributed by atoms with Gasteiger partial charge in [0.15, 0.2) is 5.82 Å². The van der Waals surface area contributed by atoms with E-state index < -0.39 is 0 Å². The molecule has 0 saturated heterocycles. The Bertz CT molecular complexity index is 599. The van der Waals surface area contributed by atoms with Crippen LogP contribution in [0.2, 0.25) is 0 Å². The topological polar surface area (TPSA) is 78.5 Å². The number of nitriles is 1. The first-order valence-electron chi connectivity index (χ1n) is 6.69. The van der Waals surface area contributed by atoms with Crippen LogP contribution in [0.4, 0.5) is 0 Å². The van der Waals surface area contributed by atoms with Crippen molar-refractivity contribution in [1.29, 1.82) is 5.26 Å². The maximum atomic E-state index is 8.78. The average molecular weight is 256 g/mol. The SMILES string of the molecule is CC1CCC(c2noc(-c3ccc(C#N)[nH]3)n2)CC1. The van der Waals surface area contributed by atoms with Crippen LogP contribution in [-0.2, 0) is 0 Å². The molecule has 5 heteroatoms. The van der Waals surface area contributed by atoms with Crippen molar-refractivity contribution >= 4 is 0 Å². The highest BCUT2D eigenvalue weighted by molar-refractivity contribution is 5.49. The van der Waals surface area contributed by atoms with Crippen molar-refractivity contribution in [2.24, 2.45) is 5.92 Å². The number of H-pyrrole nitrogens is 1. The van der Waals surface area contributed by atoms with Gasteiger partial charge in [0.1, 0.15) is 17.5 Å². The third-order valence-corrected chi connectivity index (χ3v) is 3.86. The summed E-state index contributed by atoms with van der Waals surface area (Å²) >= 11 is 0. The Hall–Kier alpha value is -2.09. The fourth-order valence-electron chi connectivity index (χ4n) is 2.61. The number of hydrogen-bond acceptors (Lipinski definition) is 4. The third kappa shape index (κ3) is 2.39. The molecule has 2 aromatic heterocycles. The van der Waals surface area contributed by atoms with Crippen molar-refractivity contribution in [2.75, 3.05) is 0 Å². The molecule has 1 aliphatic rings. The molecule has 2 aromatic rings. The zero-order chi connectivity index (χ0) is 13.2. The first-order valence-corrected chi connectivity index (χ1v) is 6.69. The van der Waals surface area contributed by atoms with Gasteiger partial charge in [-0.05, 0) is 30.9 Å². The van der Waals surface area contributed by atoms with E-state index in [-0.39, 0.29) is 0 Å². The maximum absolute atomic E-state index is 8.78. The molecular weight excluding hydrogens is 240 g/mol. The molecule has 0 amide bonds. The van der Waals surface area contributed by atoms with E-state index in [1.807, 2.05) is 6.07 Å². The Kier molecular flexibility index (Phi) is 3.08. The lowest BCUT2D eigenvalue weighted by Crippen LogP contribution is -2.11. The van der Waals surface area contributed by atoms with Gasteiger partial charge in [-0.2, -0.15) is 10.2 Å². The smallest absolute Gasteiger partial charge is 0.274 e. The van der Waals surface area contributed by atoms with Crippen LogP contribution < -0.4 is 0 Å². The molecule has 1 aliphatic carbocycles. The predicted molar refractivity (Wildman–Crippen MR) is 69.2 cm³/mol. The fraction of sp³-hybridized carbons (Fsp3) is 0.500. The lowest BCUT2D eigenvalue weighted by Gasteiger charge is -2.23. The quantitative estimate of drug-likeness (QED) is 0.894. The van der Waals surface area contributed by atoms with Crippen molar-refractivity contribution in [2.45, 2.75) is 38.5 Å². The molecule has 3 rings (SSSR count). The lowest BCUT2D eigenvalue weighted by molar-refractivity contribution is 0.329. The minimum atomic E-state index is 0.416. The van der Waals surface area contributed by atoms with E-state index in [1.165, 1.54) is 12.8 Å². The molecule has 1 N–H and O–H groups in total. The molecule has 0 aromatic carbocycles. The molecule has 5 nitrogen and oxygen atoms in total. The van der Waals surface area contributed by atoms with Crippen LogP contribution in [-0.4, -0.2) is 15.1 Å². The van der Waals surface area contributed by atoms with Gasteiger partial charge in [0.05, 0.1) is 0 Å². The van der Waals surface area contributed by atoms with Crippen molar-refractivity contribution in [3.05, 3.63) is 23.7 Å². The van der Waals surface area contributed by atoms with E-state index in [4.69, 9.17) is 9.78 Å². The normalized spacial score (nSPS) is 23.2. The Morgan fingerprint density at radius 3 is 2.79 bits per heavy atom. The molecule has 19 heavy (non-hydrogen) atoms. The molecule has 2 heterocycles. The zero-order valence-electron chi connectivity index (χ0n) is 10.9. The van der Waals surface area contributed by atoms with E-state index in [0.717, 1.165) is 24.6 Å². The van der Waals surface area contributed by atoms with E-state index in [0.29, 0.717) is 23.2 Å². The summed E-state index contributed by atoms with van der Waals surface area (Å²) < 4.78 is 5.29. The van der Waals surface area contributed by atoms with Crippen LogP contribution in [0.3, 0.4) is 0 Å². The summed E-state index contributed by atoms with van der Waals surface area (Å²) in [5.74, 6) is 2.49. The highest BCUT2D eigenvalue weighted by Gasteiger charge is 2.24. The minimum absolute atomic E-state index is 0.416. The molecule has 0 bridgehead atoms. The Labute approximate surface area is 111 Å². The number of aromatic nitrogens is 3. The third-order valence-electron chi connectivity index (χ3n) is 3.86. The molecule has 0 radical (unpaired) electrons. The summed E-state index contributed by atoms with van der Waals surface area (Å²) in [5, 5.41) is 12.9. The standard InChI is InChI=1S/C14H16N4O/c1-9-2-4-10(5-3-9)13-17-14(19-18-13)12-7-6-11(8-15)16-12/h6-7,9-10,16H,2-5H2,1H3. The lowest BCUT2D eigenvalue weighted by atomic mass is 9.83. The van der Waals surface area contributed by atoms with Crippen molar-refractivity contribution < 1.29 is 4.52 Å². The van der Waals surface area contributed by atoms with E-state index in [2.05, 4.69) is 22.0 Å². The summed E-state index contributed by atoms with van der Waals surface area (Å²) in [7, 11) is 0. The molecule has 0 aliphatic heterocycles. The van der Waals surface area contributed by atoms with Crippen molar-refractivity contribution in [1.82, 2.24) is 15.1 Å². The van der Waals surface area contributed by atoms with Crippen molar-refractivity contribution in [3.8, 4) is 17.7 Å². The molecule has 1 fully saturated rings. The summed E-state index contributed by atoms with van der Waals surface area (Å²) in [5.41, 5.74) is 1.21. The van der Waals surface area contributed by atoms with E-state index in [9.17, 15) is 0 Å². The predicted octanol–water partition coefficient (Wildman–Crippen LogP) is 3.23. The summed E-state index contributed by atoms with van der Waals surface area (Å²) in [6.07, 6.45) is 4.73. The van der Waals surface area contributed by atoms with Gasteiger partial charge in [-0.3, -0.25) is 0 Å². The summed E-state index contributed by atoms with van der Waals surface area (Å²) in [4.78, 5) is 7.40. The Balaban J connectivity index is 1.78. The van der Waals surface area contributed by atoms with Gasteiger partial charge < -0.3 is 9.51 Å². The monoisotopic (exact) mass is 256 g/mol. The number of nitrogens with zero attached hydrogens (tertiary/aromatic N) is 3. The van der Waals surface area contributed by atoms with Gasteiger partial charge in [0.2, 0.25) is 0 Å². The Morgan fingerprint density at radius 2 is 2.11 bits per heavy atom. The van der Waals surface area contributed by atoms with Gasteiger partial charge in [-0.1, -0.05) is 24.9 Å². The number of hydrogen-bond donors (Lipinski definition) is 1. The first-order chi connectivity index (χ1) is 9.26. The number of aromatic amines is 1. The molecule has 98 valence electrons. The second-order valence-electron chi connectivity index (χ2n) is 5.31. The van der Waals surface area contributed by atoms with Crippen LogP contribution in [0.15, 0.2) is 16.7 Å². The summed E-state index contributed by atoms with van der Waals surface area (Å²) in [6, 6.07) is 5.55. The van der Waals surface area contributed by atoms with Crippen LogP contribution in [0.5, 0.6) is 0 Å². The minimum Gasteiger partial charge on any atom is -0.342 e. The maximum Gasteiger partial charge on any atom is 0.274 e. The second-order valence-corrected chi connectivity index (χ2v) is 5.31. The van der Waals surface area contributed by atoms with Gasteiger partial charge >= 0.3 is 0 Å². The average Bonchev–Trinajstić information content (AvgIpc) is 3.08. The first kappa shape index (κ1) is 12.0. The molecule has 0 spiro atoms. The van der Waals surface area contributed by atoms with Crippen LogP contribution in [0, 0.1) is 17.2 Å². The molecular formula is C14H16N4O. The van der Waals surface area contributed by atoms with Crippen LogP contribution in [0.25, 0.3) is 11.6 Å². The molecule has 0 unspecified atom stereocenters.